The monoisotopic (exact) mass is 236 g/mol. The lowest BCUT2D eigenvalue weighted by atomic mass is 9.99. The lowest BCUT2D eigenvalue weighted by Crippen LogP contribution is -2.47. The average Bonchev–Trinajstić information content (AvgIpc) is 2.86. The number of nitrogens with two attached hydrogens (primary N) is 1. The average molecular weight is 236 g/mol. The van der Waals surface area contributed by atoms with Crippen molar-refractivity contribution in [1.29, 1.82) is 0 Å². The van der Waals surface area contributed by atoms with Crippen LogP contribution in [0.1, 0.15) is 44.2 Å². The topological polar surface area (TPSA) is 72.9 Å². The van der Waals surface area contributed by atoms with Crippen molar-refractivity contribution in [3.8, 4) is 0 Å². The van der Waals surface area contributed by atoms with Crippen molar-refractivity contribution in [3.05, 3.63) is 18.0 Å². The Hall–Kier alpha value is -1.36. The molecule has 0 aromatic carbocycles. The summed E-state index contributed by atoms with van der Waals surface area (Å²) in [6.07, 6.45) is 7.86. The number of hydrogen-bond donors (Lipinski definition) is 2. The van der Waals surface area contributed by atoms with Gasteiger partial charge in [-0.05, 0) is 19.8 Å². The van der Waals surface area contributed by atoms with Gasteiger partial charge in [0.1, 0.15) is 6.04 Å². The molecule has 0 spiro atoms. The number of rotatable bonds is 3. The molecule has 0 bridgehead atoms. The summed E-state index contributed by atoms with van der Waals surface area (Å²) in [7, 11) is 1.81. The minimum atomic E-state index is -0.624. The van der Waals surface area contributed by atoms with Gasteiger partial charge in [0.2, 0.25) is 5.91 Å². The maximum Gasteiger partial charge on any atom is 0.242 e. The lowest BCUT2D eigenvalue weighted by Gasteiger charge is -2.26. The Bertz CT molecular complexity index is 406. The maximum atomic E-state index is 12.0. The molecule has 1 saturated carbocycles. The summed E-state index contributed by atoms with van der Waals surface area (Å²) in [4.78, 5) is 12.0. The molecule has 2 rings (SSSR count). The Morgan fingerprint density at radius 3 is 2.76 bits per heavy atom. The molecule has 1 fully saturated rings. The van der Waals surface area contributed by atoms with Gasteiger partial charge < -0.3 is 11.1 Å². The van der Waals surface area contributed by atoms with Crippen LogP contribution in [0.2, 0.25) is 0 Å². The second kappa shape index (κ2) is 4.49. The Kier molecular flexibility index (Phi) is 3.19. The van der Waals surface area contributed by atoms with Gasteiger partial charge in [-0.1, -0.05) is 12.8 Å². The van der Waals surface area contributed by atoms with Crippen LogP contribution >= 0.6 is 0 Å². The fourth-order valence-corrected chi connectivity index (χ4v) is 2.41. The van der Waals surface area contributed by atoms with Crippen LogP contribution < -0.4 is 11.1 Å². The zero-order chi connectivity index (χ0) is 12.5. The molecule has 3 N–H and O–H groups in total. The van der Waals surface area contributed by atoms with Gasteiger partial charge in [-0.2, -0.15) is 5.10 Å². The van der Waals surface area contributed by atoms with Gasteiger partial charge in [0, 0.05) is 24.3 Å². The first-order chi connectivity index (χ1) is 8.00. The molecule has 1 aromatic rings. The maximum absolute atomic E-state index is 12.0. The van der Waals surface area contributed by atoms with Crippen molar-refractivity contribution in [2.75, 3.05) is 0 Å². The molecule has 1 amide bonds. The number of carbonyl (C=O) groups excluding carboxylic acids is 1. The van der Waals surface area contributed by atoms with Crippen molar-refractivity contribution < 1.29 is 4.79 Å². The summed E-state index contributed by atoms with van der Waals surface area (Å²) in [5.41, 5.74) is 6.61. The van der Waals surface area contributed by atoms with E-state index in [1.165, 1.54) is 12.8 Å². The summed E-state index contributed by atoms with van der Waals surface area (Å²) >= 11 is 0. The second-order valence-electron chi connectivity index (χ2n) is 5.18. The quantitative estimate of drug-likeness (QED) is 0.818. The molecule has 94 valence electrons. The molecular formula is C12H20N4O. The fraction of sp³-hybridized carbons (Fsp3) is 0.667. The molecule has 1 heterocycles. The number of carbonyl (C=O) groups is 1. The van der Waals surface area contributed by atoms with E-state index in [0.29, 0.717) is 0 Å². The summed E-state index contributed by atoms with van der Waals surface area (Å²) in [5, 5.41) is 7.09. The van der Waals surface area contributed by atoms with E-state index in [4.69, 9.17) is 5.73 Å². The molecule has 0 aliphatic heterocycles. The van der Waals surface area contributed by atoms with Gasteiger partial charge in [-0.25, -0.2) is 0 Å². The molecule has 1 atom stereocenters. The van der Waals surface area contributed by atoms with Crippen molar-refractivity contribution in [3.63, 3.8) is 0 Å². The normalized spacial score (nSPS) is 20.2. The molecule has 1 aromatic heterocycles. The fourth-order valence-electron chi connectivity index (χ4n) is 2.41. The highest BCUT2D eigenvalue weighted by molar-refractivity contribution is 5.83. The van der Waals surface area contributed by atoms with Crippen LogP contribution in [0.25, 0.3) is 0 Å². The molecule has 1 aliphatic carbocycles. The molecule has 5 heteroatoms. The van der Waals surface area contributed by atoms with E-state index < -0.39 is 6.04 Å². The first-order valence-corrected chi connectivity index (χ1v) is 6.06. The van der Waals surface area contributed by atoms with E-state index in [-0.39, 0.29) is 11.4 Å². The minimum absolute atomic E-state index is 0.0725. The zero-order valence-corrected chi connectivity index (χ0v) is 10.4. The van der Waals surface area contributed by atoms with Gasteiger partial charge in [0.15, 0.2) is 0 Å². The highest BCUT2D eigenvalue weighted by Crippen LogP contribution is 2.29. The van der Waals surface area contributed by atoms with Gasteiger partial charge in [0.25, 0.3) is 0 Å². The molecule has 17 heavy (non-hydrogen) atoms. The van der Waals surface area contributed by atoms with Gasteiger partial charge in [-0.15, -0.1) is 0 Å². The SMILES string of the molecule is Cn1cc(C(N)C(=O)NC2(C)CCCC2)cn1. The predicted octanol–water partition coefficient (Wildman–Crippen LogP) is 0.869. The van der Waals surface area contributed by atoms with Crippen molar-refractivity contribution in [2.24, 2.45) is 12.8 Å². The summed E-state index contributed by atoms with van der Waals surface area (Å²) in [6.45, 7) is 2.09. The van der Waals surface area contributed by atoms with Gasteiger partial charge in [-0.3, -0.25) is 9.48 Å². The minimum Gasteiger partial charge on any atom is -0.349 e. The largest absolute Gasteiger partial charge is 0.349 e. The summed E-state index contributed by atoms with van der Waals surface area (Å²) < 4.78 is 1.65. The van der Waals surface area contributed by atoms with Crippen LogP contribution in [0.5, 0.6) is 0 Å². The lowest BCUT2D eigenvalue weighted by molar-refractivity contribution is -0.124. The van der Waals surface area contributed by atoms with E-state index in [9.17, 15) is 4.79 Å². The summed E-state index contributed by atoms with van der Waals surface area (Å²) in [5.74, 6) is -0.109. The molecule has 5 nitrogen and oxygen atoms in total. The van der Waals surface area contributed by atoms with E-state index in [2.05, 4.69) is 17.3 Å². The van der Waals surface area contributed by atoms with Gasteiger partial charge >= 0.3 is 0 Å². The number of aryl methyl sites for hydroxylation is 1. The van der Waals surface area contributed by atoms with E-state index in [1.807, 2.05) is 7.05 Å². The molecule has 0 saturated heterocycles. The molecule has 1 aliphatic rings. The second-order valence-corrected chi connectivity index (χ2v) is 5.18. The molecule has 0 radical (unpaired) electrons. The highest BCUT2D eigenvalue weighted by atomic mass is 16.2. The van der Waals surface area contributed by atoms with E-state index >= 15 is 0 Å². The third-order valence-corrected chi connectivity index (χ3v) is 3.50. The standard InChI is InChI=1S/C12H20N4O/c1-12(5-3-4-6-12)15-11(17)10(13)9-7-14-16(2)8-9/h7-8,10H,3-6,13H2,1-2H3,(H,15,17). The molecule has 1 unspecified atom stereocenters. The summed E-state index contributed by atoms with van der Waals surface area (Å²) in [6, 6.07) is -0.624. The van der Waals surface area contributed by atoms with Crippen LogP contribution in [0.15, 0.2) is 12.4 Å². The third kappa shape index (κ3) is 2.66. The Labute approximate surface area is 101 Å². The van der Waals surface area contributed by atoms with E-state index in [1.54, 1.807) is 17.1 Å². The van der Waals surface area contributed by atoms with Crippen LogP contribution in [0.4, 0.5) is 0 Å². The zero-order valence-electron chi connectivity index (χ0n) is 10.4. The predicted molar refractivity (Wildman–Crippen MR) is 65.2 cm³/mol. The number of amides is 1. The van der Waals surface area contributed by atoms with Crippen LogP contribution in [0.3, 0.4) is 0 Å². The van der Waals surface area contributed by atoms with Crippen molar-refractivity contribution in [2.45, 2.75) is 44.2 Å². The third-order valence-electron chi connectivity index (χ3n) is 3.50. The first-order valence-electron chi connectivity index (χ1n) is 6.06. The van der Waals surface area contributed by atoms with E-state index in [0.717, 1.165) is 18.4 Å². The number of aromatic nitrogens is 2. The number of nitrogens with zero attached hydrogens (tertiary/aromatic N) is 2. The Morgan fingerprint density at radius 1 is 1.59 bits per heavy atom. The first kappa shape index (κ1) is 12.1. The Morgan fingerprint density at radius 2 is 2.24 bits per heavy atom. The number of nitrogens with one attached hydrogen (secondary N) is 1. The van der Waals surface area contributed by atoms with Crippen LogP contribution in [-0.4, -0.2) is 21.2 Å². The molecular weight excluding hydrogens is 216 g/mol. The van der Waals surface area contributed by atoms with Gasteiger partial charge in [0.05, 0.1) is 6.20 Å². The number of hydrogen-bond acceptors (Lipinski definition) is 3. The van der Waals surface area contributed by atoms with Crippen molar-refractivity contribution in [1.82, 2.24) is 15.1 Å². The Balaban J connectivity index is 2.00. The highest BCUT2D eigenvalue weighted by Gasteiger charge is 2.32. The van der Waals surface area contributed by atoms with Crippen LogP contribution in [0, 0.1) is 0 Å². The van der Waals surface area contributed by atoms with Crippen molar-refractivity contribution >= 4 is 5.91 Å². The van der Waals surface area contributed by atoms with Crippen LogP contribution in [-0.2, 0) is 11.8 Å². The smallest absolute Gasteiger partial charge is 0.242 e.